The van der Waals surface area contributed by atoms with E-state index in [2.05, 4.69) is 17.2 Å². The molecule has 0 aromatic carbocycles. The summed E-state index contributed by atoms with van der Waals surface area (Å²) < 4.78 is 0. The summed E-state index contributed by atoms with van der Waals surface area (Å²) in [5.74, 6) is 0.792. The Bertz CT molecular complexity index is 447. The van der Waals surface area contributed by atoms with Crippen LogP contribution in [0.5, 0.6) is 0 Å². The van der Waals surface area contributed by atoms with Crippen molar-refractivity contribution in [2.75, 3.05) is 19.6 Å². The van der Waals surface area contributed by atoms with E-state index >= 15 is 0 Å². The number of carbonyl (C=O) groups is 1. The van der Waals surface area contributed by atoms with E-state index in [0.717, 1.165) is 31.0 Å². The highest BCUT2D eigenvalue weighted by Gasteiger charge is 2.32. The largest absolute Gasteiger partial charge is 0.337 e. The predicted octanol–water partition coefficient (Wildman–Crippen LogP) is 1.59. The second kappa shape index (κ2) is 6.15. The first-order chi connectivity index (χ1) is 9.11. The van der Waals surface area contributed by atoms with Crippen molar-refractivity contribution in [3.05, 3.63) is 29.6 Å². The third-order valence-corrected chi connectivity index (χ3v) is 3.83. The van der Waals surface area contributed by atoms with Crippen molar-refractivity contribution >= 4 is 5.91 Å². The normalized spacial score (nSPS) is 22.5. The Labute approximate surface area is 115 Å². The van der Waals surface area contributed by atoms with Gasteiger partial charge in [0.15, 0.2) is 0 Å². The predicted molar refractivity (Wildman–Crippen MR) is 75.6 cm³/mol. The molecule has 2 heterocycles. The molecule has 1 aliphatic heterocycles. The Morgan fingerprint density at radius 3 is 2.84 bits per heavy atom. The van der Waals surface area contributed by atoms with Crippen LogP contribution in [-0.4, -0.2) is 35.4 Å². The van der Waals surface area contributed by atoms with Gasteiger partial charge in [0.1, 0.15) is 0 Å². The van der Waals surface area contributed by atoms with E-state index in [-0.39, 0.29) is 11.8 Å². The zero-order valence-electron chi connectivity index (χ0n) is 12.0. The van der Waals surface area contributed by atoms with Crippen molar-refractivity contribution in [2.45, 2.75) is 27.3 Å². The summed E-state index contributed by atoms with van der Waals surface area (Å²) in [6.45, 7) is 9.24. The van der Waals surface area contributed by atoms with Crippen LogP contribution in [0.3, 0.4) is 0 Å². The molecule has 1 saturated heterocycles. The number of rotatable bonds is 4. The molecular formula is C15H23N3O. The molecule has 0 spiro atoms. The Kier molecular flexibility index (Phi) is 4.53. The minimum atomic E-state index is 0.116. The summed E-state index contributed by atoms with van der Waals surface area (Å²) in [6, 6.07) is 5.96. The third kappa shape index (κ3) is 3.32. The van der Waals surface area contributed by atoms with Crippen LogP contribution < -0.4 is 5.32 Å². The van der Waals surface area contributed by atoms with Gasteiger partial charge in [0.2, 0.25) is 5.91 Å². The first-order valence-electron chi connectivity index (χ1n) is 7.04. The third-order valence-electron chi connectivity index (χ3n) is 3.83. The molecule has 4 nitrogen and oxygen atoms in total. The molecule has 1 N–H and O–H groups in total. The van der Waals surface area contributed by atoms with Gasteiger partial charge >= 0.3 is 0 Å². The van der Waals surface area contributed by atoms with E-state index in [0.29, 0.717) is 12.5 Å². The Morgan fingerprint density at radius 2 is 2.26 bits per heavy atom. The summed E-state index contributed by atoms with van der Waals surface area (Å²) >= 11 is 0. The summed E-state index contributed by atoms with van der Waals surface area (Å²) in [5, 5.41) is 3.29. The summed E-state index contributed by atoms with van der Waals surface area (Å²) in [6.07, 6.45) is 0. The van der Waals surface area contributed by atoms with Gasteiger partial charge in [-0.25, -0.2) is 0 Å². The number of hydrogen-bond acceptors (Lipinski definition) is 3. The molecule has 104 valence electrons. The monoisotopic (exact) mass is 261 g/mol. The number of nitrogens with one attached hydrogen (secondary N) is 1. The minimum Gasteiger partial charge on any atom is -0.337 e. The van der Waals surface area contributed by atoms with Crippen molar-refractivity contribution in [3.63, 3.8) is 0 Å². The fourth-order valence-electron chi connectivity index (χ4n) is 2.60. The maximum absolute atomic E-state index is 12.5. The van der Waals surface area contributed by atoms with Gasteiger partial charge in [-0.1, -0.05) is 13.0 Å². The van der Waals surface area contributed by atoms with Gasteiger partial charge in [-0.15, -0.1) is 0 Å². The van der Waals surface area contributed by atoms with Gasteiger partial charge in [-0.3, -0.25) is 9.78 Å². The number of nitrogens with zero attached hydrogens (tertiary/aromatic N) is 2. The van der Waals surface area contributed by atoms with Crippen molar-refractivity contribution in [3.8, 4) is 0 Å². The van der Waals surface area contributed by atoms with Crippen LogP contribution in [0.4, 0.5) is 0 Å². The van der Waals surface area contributed by atoms with Crippen molar-refractivity contribution < 1.29 is 4.79 Å². The van der Waals surface area contributed by atoms with Crippen LogP contribution in [0.1, 0.15) is 25.2 Å². The molecule has 2 atom stereocenters. The number of aromatic nitrogens is 1. The molecule has 1 amide bonds. The highest BCUT2D eigenvalue weighted by molar-refractivity contribution is 5.79. The number of hydrogen-bond donors (Lipinski definition) is 1. The van der Waals surface area contributed by atoms with Crippen LogP contribution in [0.2, 0.25) is 0 Å². The Hall–Kier alpha value is -1.42. The Morgan fingerprint density at radius 1 is 1.47 bits per heavy atom. The molecule has 1 aromatic rings. The first-order valence-corrected chi connectivity index (χ1v) is 7.04. The SMILES string of the molecule is CCN(Cc1cccc(C)n1)C(=O)C1CNCC1C. The second-order valence-corrected chi connectivity index (χ2v) is 5.36. The average Bonchev–Trinajstić information content (AvgIpc) is 2.81. The molecule has 19 heavy (non-hydrogen) atoms. The standard InChI is InChI=1S/C15H23N3O/c1-4-18(10-13-7-5-6-12(3)17-13)15(19)14-9-16-8-11(14)2/h5-7,11,14,16H,4,8-10H2,1-3H3. The molecule has 1 fully saturated rings. The maximum atomic E-state index is 12.5. The van der Waals surface area contributed by atoms with Gasteiger partial charge in [-0.05, 0) is 38.4 Å². The van der Waals surface area contributed by atoms with E-state index < -0.39 is 0 Å². The highest BCUT2D eigenvalue weighted by atomic mass is 16.2. The maximum Gasteiger partial charge on any atom is 0.227 e. The van der Waals surface area contributed by atoms with E-state index in [1.165, 1.54) is 0 Å². The van der Waals surface area contributed by atoms with Crippen LogP contribution >= 0.6 is 0 Å². The molecule has 1 aromatic heterocycles. The lowest BCUT2D eigenvalue weighted by Crippen LogP contribution is -2.38. The molecule has 0 saturated carbocycles. The number of amides is 1. The second-order valence-electron chi connectivity index (χ2n) is 5.36. The lowest BCUT2D eigenvalue weighted by atomic mass is 9.96. The molecule has 0 bridgehead atoms. The lowest BCUT2D eigenvalue weighted by molar-refractivity contribution is -0.136. The molecule has 4 heteroatoms. The molecule has 1 aliphatic rings. The van der Waals surface area contributed by atoms with E-state index in [1.807, 2.05) is 36.9 Å². The van der Waals surface area contributed by atoms with Crippen LogP contribution in [0.15, 0.2) is 18.2 Å². The molecule has 2 unspecified atom stereocenters. The fourth-order valence-corrected chi connectivity index (χ4v) is 2.60. The first kappa shape index (κ1) is 14.0. The average molecular weight is 261 g/mol. The van der Waals surface area contributed by atoms with E-state index in [9.17, 15) is 4.79 Å². The zero-order valence-corrected chi connectivity index (χ0v) is 12.0. The van der Waals surface area contributed by atoms with Crippen LogP contribution in [0, 0.1) is 18.8 Å². The molecule has 2 rings (SSSR count). The van der Waals surface area contributed by atoms with Gasteiger partial charge in [-0.2, -0.15) is 0 Å². The lowest BCUT2D eigenvalue weighted by Gasteiger charge is -2.25. The highest BCUT2D eigenvalue weighted by Crippen LogP contribution is 2.19. The molecular weight excluding hydrogens is 238 g/mol. The quantitative estimate of drug-likeness (QED) is 0.895. The topological polar surface area (TPSA) is 45.2 Å². The van der Waals surface area contributed by atoms with E-state index in [1.54, 1.807) is 0 Å². The fraction of sp³-hybridized carbons (Fsp3) is 0.600. The zero-order chi connectivity index (χ0) is 13.8. The van der Waals surface area contributed by atoms with Crippen LogP contribution in [-0.2, 0) is 11.3 Å². The van der Waals surface area contributed by atoms with Crippen molar-refractivity contribution in [1.29, 1.82) is 0 Å². The molecule has 0 aliphatic carbocycles. The van der Waals surface area contributed by atoms with Gasteiger partial charge in [0.25, 0.3) is 0 Å². The molecule has 0 radical (unpaired) electrons. The van der Waals surface area contributed by atoms with Crippen LogP contribution in [0.25, 0.3) is 0 Å². The number of carbonyl (C=O) groups excluding carboxylic acids is 1. The summed E-state index contributed by atoms with van der Waals surface area (Å²) in [4.78, 5) is 18.9. The summed E-state index contributed by atoms with van der Waals surface area (Å²) in [7, 11) is 0. The number of pyridine rings is 1. The van der Waals surface area contributed by atoms with E-state index in [4.69, 9.17) is 0 Å². The smallest absolute Gasteiger partial charge is 0.227 e. The van der Waals surface area contributed by atoms with Crippen molar-refractivity contribution in [2.24, 2.45) is 11.8 Å². The summed E-state index contributed by atoms with van der Waals surface area (Å²) in [5.41, 5.74) is 1.96. The van der Waals surface area contributed by atoms with Gasteiger partial charge < -0.3 is 10.2 Å². The van der Waals surface area contributed by atoms with Gasteiger partial charge in [0, 0.05) is 18.8 Å². The van der Waals surface area contributed by atoms with Crippen molar-refractivity contribution in [1.82, 2.24) is 15.2 Å². The Balaban J connectivity index is 2.05. The number of aryl methyl sites for hydroxylation is 1. The minimum absolute atomic E-state index is 0.116. The van der Waals surface area contributed by atoms with Gasteiger partial charge in [0.05, 0.1) is 18.2 Å².